The largest absolute Gasteiger partial charge is 0.392 e. The molecule has 0 saturated carbocycles. The van der Waals surface area contributed by atoms with Gasteiger partial charge in [-0.25, -0.2) is 0 Å². The molecule has 0 rings (SSSR count). The van der Waals surface area contributed by atoms with Gasteiger partial charge in [-0.15, -0.1) is 0 Å². The zero-order chi connectivity index (χ0) is 5.70. The van der Waals surface area contributed by atoms with E-state index in [4.69, 9.17) is 10.4 Å². The lowest BCUT2D eigenvalue weighted by atomic mass is 10.3. The average molecular weight is 97.1 g/mol. The molecule has 2 nitrogen and oxygen atoms in total. The predicted molar refractivity (Wildman–Crippen MR) is 26.5 cm³/mol. The molecule has 2 heteroatoms. The predicted octanol–water partition coefficient (Wildman–Crippen LogP) is 0.449. The van der Waals surface area contributed by atoms with Crippen molar-refractivity contribution >= 4 is 0 Å². The van der Waals surface area contributed by atoms with Crippen LogP contribution in [0.15, 0.2) is 11.6 Å². The van der Waals surface area contributed by atoms with Gasteiger partial charge in [-0.2, -0.15) is 5.26 Å². The summed E-state index contributed by atoms with van der Waals surface area (Å²) in [5.74, 6) is 0. The smallest absolute Gasteiger partial charge is 0.0912 e. The van der Waals surface area contributed by atoms with Gasteiger partial charge in [-0.05, 0) is 12.5 Å². The standard InChI is InChI=1S/C5H7NO/c1-5(4-7)2-3-6/h2,7H,4H2,1H3/b5-2-. The number of hydrogen-bond acceptors (Lipinski definition) is 2. The molecule has 0 aromatic rings. The van der Waals surface area contributed by atoms with Gasteiger partial charge in [0.25, 0.3) is 0 Å². The number of allylic oxidation sites excluding steroid dienone is 1. The van der Waals surface area contributed by atoms with E-state index in [1.807, 2.05) is 0 Å². The summed E-state index contributed by atoms with van der Waals surface area (Å²) in [5.41, 5.74) is 0.697. The Kier molecular flexibility index (Phi) is 2.99. The summed E-state index contributed by atoms with van der Waals surface area (Å²) >= 11 is 0. The van der Waals surface area contributed by atoms with Gasteiger partial charge in [0, 0.05) is 6.08 Å². The van der Waals surface area contributed by atoms with Crippen LogP contribution >= 0.6 is 0 Å². The average Bonchev–Trinajstić information content (AvgIpc) is 1.68. The molecule has 0 aliphatic carbocycles. The molecule has 0 aliphatic heterocycles. The van der Waals surface area contributed by atoms with Crippen LogP contribution in [-0.4, -0.2) is 11.7 Å². The molecule has 0 aliphatic rings. The molecule has 0 fully saturated rings. The first-order valence-corrected chi connectivity index (χ1v) is 1.97. The van der Waals surface area contributed by atoms with E-state index in [2.05, 4.69) is 0 Å². The minimum atomic E-state index is -0.0203. The molecule has 0 aromatic carbocycles. The molecule has 0 atom stereocenters. The minimum Gasteiger partial charge on any atom is -0.392 e. The molecule has 0 radical (unpaired) electrons. The third-order valence-corrected chi connectivity index (χ3v) is 0.560. The van der Waals surface area contributed by atoms with Crippen molar-refractivity contribution < 1.29 is 5.11 Å². The highest BCUT2D eigenvalue weighted by Crippen LogP contribution is 1.84. The Morgan fingerprint density at radius 3 is 2.71 bits per heavy atom. The van der Waals surface area contributed by atoms with Crippen LogP contribution in [0, 0.1) is 11.3 Å². The van der Waals surface area contributed by atoms with Crippen LogP contribution in [0.5, 0.6) is 0 Å². The summed E-state index contributed by atoms with van der Waals surface area (Å²) in [5, 5.41) is 16.2. The normalized spacial score (nSPS) is 10.7. The Balaban J connectivity index is 3.56. The Morgan fingerprint density at radius 2 is 2.57 bits per heavy atom. The molecule has 0 saturated heterocycles. The second-order valence-corrected chi connectivity index (χ2v) is 1.28. The summed E-state index contributed by atoms with van der Waals surface area (Å²) in [7, 11) is 0. The first-order valence-electron chi connectivity index (χ1n) is 1.97. The summed E-state index contributed by atoms with van der Waals surface area (Å²) < 4.78 is 0. The maximum atomic E-state index is 8.25. The fraction of sp³-hybridized carbons (Fsp3) is 0.400. The maximum absolute atomic E-state index is 8.25. The molecule has 38 valence electrons. The number of nitriles is 1. The second-order valence-electron chi connectivity index (χ2n) is 1.28. The van der Waals surface area contributed by atoms with E-state index < -0.39 is 0 Å². The molecule has 0 bridgehead atoms. The third-order valence-electron chi connectivity index (χ3n) is 0.560. The molecular formula is C5H7NO. The first kappa shape index (κ1) is 6.19. The van der Waals surface area contributed by atoms with Crippen LogP contribution in [0.2, 0.25) is 0 Å². The van der Waals surface area contributed by atoms with E-state index in [1.54, 1.807) is 13.0 Å². The topological polar surface area (TPSA) is 44.0 Å². The molecule has 0 aromatic heterocycles. The van der Waals surface area contributed by atoms with Crippen molar-refractivity contribution in [2.24, 2.45) is 0 Å². The minimum absolute atomic E-state index is 0.0203. The molecule has 0 unspecified atom stereocenters. The number of rotatable bonds is 1. The summed E-state index contributed by atoms with van der Waals surface area (Å²) in [6, 6.07) is 1.80. The van der Waals surface area contributed by atoms with Crippen molar-refractivity contribution in [3.8, 4) is 6.07 Å². The van der Waals surface area contributed by atoms with E-state index >= 15 is 0 Å². The highest BCUT2D eigenvalue weighted by Gasteiger charge is 1.78. The Bertz CT molecular complexity index is 110. The highest BCUT2D eigenvalue weighted by molar-refractivity contribution is 5.10. The molecule has 1 N–H and O–H groups in total. The number of aliphatic hydroxyl groups excluding tert-OH is 1. The molecule has 0 heterocycles. The van der Waals surface area contributed by atoms with Crippen molar-refractivity contribution in [2.75, 3.05) is 6.61 Å². The van der Waals surface area contributed by atoms with E-state index in [1.165, 1.54) is 6.08 Å². The van der Waals surface area contributed by atoms with E-state index in [9.17, 15) is 0 Å². The summed E-state index contributed by atoms with van der Waals surface area (Å²) in [6.07, 6.45) is 1.32. The van der Waals surface area contributed by atoms with Gasteiger partial charge in [0.2, 0.25) is 0 Å². The van der Waals surface area contributed by atoms with E-state index in [0.29, 0.717) is 5.57 Å². The van der Waals surface area contributed by atoms with Gasteiger partial charge in [-0.3, -0.25) is 0 Å². The van der Waals surface area contributed by atoms with Gasteiger partial charge in [0.15, 0.2) is 0 Å². The Labute approximate surface area is 42.7 Å². The maximum Gasteiger partial charge on any atom is 0.0912 e. The highest BCUT2D eigenvalue weighted by atomic mass is 16.3. The van der Waals surface area contributed by atoms with Crippen molar-refractivity contribution in [2.45, 2.75) is 6.92 Å². The monoisotopic (exact) mass is 97.1 g/mol. The number of aliphatic hydroxyl groups is 1. The van der Waals surface area contributed by atoms with Crippen molar-refractivity contribution in [3.05, 3.63) is 11.6 Å². The van der Waals surface area contributed by atoms with Gasteiger partial charge in [0.05, 0.1) is 12.7 Å². The van der Waals surface area contributed by atoms with Crippen molar-refractivity contribution in [1.29, 1.82) is 5.26 Å². The number of hydrogen-bond donors (Lipinski definition) is 1. The Morgan fingerprint density at radius 1 is 2.00 bits per heavy atom. The first-order chi connectivity index (χ1) is 3.31. The van der Waals surface area contributed by atoms with E-state index in [0.717, 1.165) is 0 Å². The van der Waals surface area contributed by atoms with Crippen molar-refractivity contribution in [3.63, 3.8) is 0 Å². The lowest BCUT2D eigenvalue weighted by Crippen LogP contribution is -1.80. The Hall–Kier alpha value is -0.810. The lowest BCUT2D eigenvalue weighted by molar-refractivity contribution is 0.331. The van der Waals surface area contributed by atoms with Gasteiger partial charge in [0.1, 0.15) is 0 Å². The SMILES string of the molecule is C/C(=C/C#N)CO. The third kappa shape index (κ3) is 3.01. The molecule has 0 amide bonds. The summed E-state index contributed by atoms with van der Waals surface area (Å²) in [4.78, 5) is 0. The molecule has 0 spiro atoms. The van der Waals surface area contributed by atoms with Crippen LogP contribution in [0.1, 0.15) is 6.92 Å². The number of nitrogens with zero attached hydrogens (tertiary/aromatic N) is 1. The zero-order valence-corrected chi connectivity index (χ0v) is 4.18. The summed E-state index contributed by atoms with van der Waals surface area (Å²) in [6.45, 7) is 1.68. The van der Waals surface area contributed by atoms with Gasteiger partial charge < -0.3 is 5.11 Å². The molecular weight excluding hydrogens is 90.1 g/mol. The van der Waals surface area contributed by atoms with Crippen molar-refractivity contribution in [1.82, 2.24) is 0 Å². The van der Waals surface area contributed by atoms with Gasteiger partial charge >= 0.3 is 0 Å². The second kappa shape index (κ2) is 3.38. The van der Waals surface area contributed by atoms with Crippen LogP contribution in [0.25, 0.3) is 0 Å². The fourth-order valence-electron chi connectivity index (χ4n) is 0.156. The van der Waals surface area contributed by atoms with Crippen LogP contribution in [0.4, 0.5) is 0 Å². The van der Waals surface area contributed by atoms with Crippen LogP contribution in [0.3, 0.4) is 0 Å². The molecule has 7 heavy (non-hydrogen) atoms. The quantitative estimate of drug-likeness (QED) is 0.483. The lowest BCUT2D eigenvalue weighted by Gasteiger charge is -1.83. The fourth-order valence-corrected chi connectivity index (χ4v) is 0.156. The van der Waals surface area contributed by atoms with Gasteiger partial charge in [-0.1, -0.05) is 0 Å². The van der Waals surface area contributed by atoms with Crippen LogP contribution < -0.4 is 0 Å². The zero-order valence-electron chi connectivity index (χ0n) is 4.18. The van der Waals surface area contributed by atoms with E-state index in [-0.39, 0.29) is 6.61 Å². The van der Waals surface area contributed by atoms with Crippen LogP contribution in [-0.2, 0) is 0 Å².